The van der Waals surface area contributed by atoms with E-state index in [1.807, 2.05) is 12.1 Å². The van der Waals surface area contributed by atoms with Gasteiger partial charge in [0.15, 0.2) is 11.5 Å². The number of hydrogen-bond donors (Lipinski definition) is 2. The minimum absolute atomic E-state index is 0.159. The predicted molar refractivity (Wildman–Crippen MR) is 106 cm³/mol. The van der Waals surface area contributed by atoms with Crippen molar-refractivity contribution in [2.45, 2.75) is 6.42 Å². The standard InChI is InChI=1S/C18H21ClN2O5S/c1-25-16-7-4-12(10-17(16)26-2)8-9-20-18(22)13-5-6-14(19)15(11-13)21-27(3,23)24/h4-7,10-11,21H,8-9H2,1-3H3,(H,20,22). The number of amides is 1. The second kappa shape index (κ2) is 8.96. The van der Waals surface area contributed by atoms with Crippen LogP contribution in [0.1, 0.15) is 15.9 Å². The molecule has 1 amide bonds. The van der Waals surface area contributed by atoms with Gasteiger partial charge in [-0.2, -0.15) is 0 Å². The number of carbonyl (C=O) groups excluding carboxylic acids is 1. The van der Waals surface area contributed by atoms with Crippen LogP contribution in [0.15, 0.2) is 36.4 Å². The zero-order chi connectivity index (χ0) is 20.0. The van der Waals surface area contributed by atoms with E-state index >= 15 is 0 Å². The molecule has 0 aromatic heterocycles. The van der Waals surface area contributed by atoms with Crippen LogP contribution in [0.25, 0.3) is 0 Å². The van der Waals surface area contributed by atoms with Crippen molar-refractivity contribution in [1.29, 1.82) is 0 Å². The Balaban J connectivity index is 2.01. The number of nitrogens with one attached hydrogen (secondary N) is 2. The molecule has 2 aromatic carbocycles. The van der Waals surface area contributed by atoms with Crippen molar-refractivity contribution >= 4 is 33.2 Å². The summed E-state index contributed by atoms with van der Waals surface area (Å²) in [6.07, 6.45) is 1.60. The molecular formula is C18H21ClN2O5S. The van der Waals surface area contributed by atoms with Gasteiger partial charge in [-0.1, -0.05) is 17.7 Å². The van der Waals surface area contributed by atoms with Crippen molar-refractivity contribution < 1.29 is 22.7 Å². The number of benzene rings is 2. The van der Waals surface area contributed by atoms with Crippen LogP contribution in [0, 0.1) is 0 Å². The summed E-state index contributed by atoms with van der Waals surface area (Å²) in [6, 6.07) is 9.94. The molecule has 27 heavy (non-hydrogen) atoms. The number of carbonyl (C=O) groups is 1. The molecule has 2 N–H and O–H groups in total. The van der Waals surface area contributed by atoms with Gasteiger partial charge in [0.2, 0.25) is 10.0 Å². The molecule has 0 saturated carbocycles. The molecule has 0 aliphatic heterocycles. The Morgan fingerprint density at radius 1 is 1.07 bits per heavy atom. The van der Waals surface area contributed by atoms with Crippen LogP contribution >= 0.6 is 11.6 Å². The summed E-state index contributed by atoms with van der Waals surface area (Å²) in [5.41, 5.74) is 1.44. The maximum Gasteiger partial charge on any atom is 0.251 e. The fourth-order valence-corrected chi connectivity index (χ4v) is 3.19. The van der Waals surface area contributed by atoms with E-state index in [1.54, 1.807) is 20.3 Å². The first-order valence-electron chi connectivity index (χ1n) is 8.00. The Bertz CT molecular complexity index is 931. The van der Waals surface area contributed by atoms with Crippen molar-refractivity contribution in [3.05, 3.63) is 52.5 Å². The van der Waals surface area contributed by atoms with E-state index in [9.17, 15) is 13.2 Å². The van der Waals surface area contributed by atoms with E-state index < -0.39 is 10.0 Å². The molecule has 2 rings (SSSR count). The fourth-order valence-electron chi connectivity index (χ4n) is 2.40. The van der Waals surface area contributed by atoms with Gasteiger partial charge in [0, 0.05) is 12.1 Å². The molecule has 0 saturated heterocycles. The summed E-state index contributed by atoms with van der Waals surface area (Å²) in [5.74, 6) is 0.927. The molecule has 146 valence electrons. The van der Waals surface area contributed by atoms with Crippen LogP contribution in [-0.2, 0) is 16.4 Å². The monoisotopic (exact) mass is 412 g/mol. The third kappa shape index (κ3) is 6.04. The highest BCUT2D eigenvalue weighted by Crippen LogP contribution is 2.27. The van der Waals surface area contributed by atoms with Gasteiger partial charge < -0.3 is 14.8 Å². The highest BCUT2D eigenvalue weighted by Gasteiger charge is 2.12. The molecule has 0 fully saturated rings. The zero-order valence-electron chi connectivity index (χ0n) is 15.2. The number of rotatable bonds is 8. The van der Waals surface area contributed by atoms with Crippen molar-refractivity contribution in [2.24, 2.45) is 0 Å². The number of sulfonamides is 1. The van der Waals surface area contributed by atoms with Gasteiger partial charge in [-0.05, 0) is 42.3 Å². The Hall–Kier alpha value is -2.45. The number of halogens is 1. The van der Waals surface area contributed by atoms with Crippen LogP contribution in [0.2, 0.25) is 5.02 Å². The number of anilines is 1. The lowest BCUT2D eigenvalue weighted by Gasteiger charge is -2.11. The number of methoxy groups -OCH3 is 2. The predicted octanol–water partition coefficient (Wildman–Crippen LogP) is 2.70. The van der Waals surface area contributed by atoms with Gasteiger partial charge in [-0.3, -0.25) is 9.52 Å². The van der Waals surface area contributed by atoms with Crippen molar-refractivity contribution in [3.8, 4) is 11.5 Å². The molecule has 0 atom stereocenters. The smallest absolute Gasteiger partial charge is 0.251 e. The average molecular weight is 413 g/mol. The van der Waals surface area contributed by atoms with Gasteiger partial charge in [0.25, 0.3) is 5.91 Å². The molecular weight excluding hydrogens is 392 g/mol. The average Bonchev–Trinajstić information content (AvgIpc) is 2.62. The summed E-state index contributed by atoms with van der Waals surface area (Å²) in [5, 5.41) is 3.00. The molecule has 0 aliphatic carbocycles. The second-order valence-electron chi connectivity index (χ2n) is 5.76. The molecule has 9 heteroatoms. The van der Waals surface area contributed by atoms with E-state index in [-0.39, 0.29) is 16.6 Å². The topological polar surface area (TPSA) is 93.7 Å². The van der Waals surface area contributed by atoms with E-state index in [0.29, 0.717) is 30.0 Å². The van der Waals surface area contributed by atoms with Crippen LogP contribution in [-0.4, -0.2) is 41.3 Å². The Morgan fingerprint density at radius 2 is 1.78 bits per heavy atom. The Labute approximate surface area is 163 Å². The Kier molecular flexibility index (Phi) is 6.92. The molecule has 0 unspecified atom stereocenters. The summed E-state index contributed by atoms with van der Waals surface area (Å²) < 4.78 is 35.5. The van der Waals surface area contributed by atoms with Crippen LogP contribution in [0.4, 0.5) is 5.69 Å². The third-order valence-electron chi connectivity index (χ3n) is 3.67. The van der Waals surface area contributed by atoms with Crippen LogP contribution < -0.4 is 19.5 Å². The highest BCUT2D eigenvalue weighted by molar-refractivity contribution is 7.92. The number of ether oxygens (including phenoxy) is 2. The summed E-state index contributed by atoms with van der Waals surface area (Å²) >= 11 is 5.96. The highest BCUT2D eigenvalue weighted by atomic mass is 35.5. The van der Waals surface area contributed by atoms with Crippen molar-refractivity contribution in [1.82, 2.24) is 5.32 Å². The lowest BCUT2D eigenvalue weighted by Crippen LogP contribution is -2.25. The summed E-state index contributed by atoms with van der Waals surface area (Å²) in [6.45, 7) is 0.395. The minimum atomic E-state index is -3.50. The molecule has 0 bridgehead atoms. The lowest BCUT2D eigenvalue weighted by atomic mass is 10.1. The van der Waals surface area contributed by atoms with Crippen LogP contribution in [0.5, 0.6) is 11.5 Å². The third-order valence-corrected chi connectivity index (χ3v) is 4.59. The normalized spacial score (nSPS) is 11.0. The molecule has 0 radical (unpaired) electrons. The van der Waals surface area contributed by atoms with E-state index in [0.717, 1.165) is 11.8 Å². The van der Waals surface area contributed by atoms with Gasteiger partial charge in [-0.15, -0.1) is 0 Å². The van der Waals surface area contributed by atoms with Crippen molar-refractivity contribution in [3.63, 3.8) is 0 Å². The van der Waals surface area contributed by atoms with E-state index in [1.165, 1.54) is 18.2 Å². The van der Waals surface area contributed by atoms with Gasteiger partial charge in [-0.25, -0.2) is 8.42 Å². The SMILES string of the molecule is COc1ccc(CCNC(=O)c2ccc(Cl)c(NS(C)(=O)=O)c2)cc1OC. The first kappa shape index (κ1) is 20.9. The summed E-state index contributed by atoms with van der Waals surface area (Å²) in [4.78, 5) is 12.3. The molecule has 0 heterocycles. The second-order valence-corrected chi connectivity index (χ2v) is 7.92. The summed E-state index contributed by atoms with van der Waals surface area (Å²) in [7, 11) is -0.368. The van der Waals surface area contributed by atoms with Gasteiger partial charge in [0.05, 0.1) is 31.2 Å². The largest absolute Gasteiger partial charge is 0.493 e. The number of hydrogen-bond acceptors (Lipinski definition) is 5. The molecule has 0 aliphatic rings. The first-order valence-corrected chi connectivity index (χ1v) is 10.3. The maximum atomic E-state index is 12.3. The quantitative estimate of drug-likeness (QED) is 0.695. The molecule has 2 aromatic rings. The Morgan fingerprint density at radius 3 is 2.41 bits per heavy atom. The first-order chi connectivity index (χ1) is 12.7. The minimum Gasteiger partial charge on any atom is -0.493 e. The zero-order valence-corrected chi connectivity index (χ0v) is 16.8. The van der Waals surface area contributed by atoms with Gasteiger partial charge in [0.1, 0.15) is 0 Å². The van der Waals surface area contributed by atoms with E-state index in [2.05, 4.69) is 10.0 Å². The van der Waals surface area contributed by atoms with Crippen LogP contribution in [0.3, 0.4) is 0 Å². The fraction of sp³-hybridized carbons (Fsp3) is 0.278. The van der Waals surface area contributed by atoms with Gasteiger partial charge >= 0.3 is 0 Å². The molecule has 7 nitrogen and oxygen atoms in total. The maximum absolute atomic E-state index is 12.3. The lowest BCUT2D eigenvalue weighted by molar-refractivity contribution is 0.0954. The van der Waals surface area contributed by atoms with E-state index in [4.69, 9.17) is 21.1 Å². The van der Waals surface area contributed by atoms with Crippen molar-refractivity contribution in [2.75, 3.05) is 31.7 Å². The molecule has 0 spiro atoms.